The Bertz CT molecular complexity index is 304. The largest absolute Gasteiger partial charge is 0.494 e. The number of rotatable bonds is 4. The third-order valence-electron chi connectivity index (χ3n) is 1.96. The van der Waals surface area contributed by atoms with Gasteiger partial charge in [0.2, 0.25) is 0 Å². The van der Waals surface area contributed by atoms with Crippen molar-refractivity contribution in [3.8, 4) is 5.75 Å². The first-order valence-electron chi connectivity index (χ1n) is 4.27. The maximum absolute atomic E-state index is 13.6. The van der Waals surface area contributed by atoms with E-state index in [0.29, 0.717) is 5.56 Å². The molecule has 78 valence electrons. The van der Waals surface area contributed by atoms with Gasteiger partial charge in [0.05, 0.1) is 19.8 Å². The van der Waals surface area contributed by atoms with Gasteiger partial charge < -0.3 is 15.2 Å². The summed E-state index contributed by atoms with van der Waals surface area (Å²) in [4.78, 5) is 0. The molecule has 0 saturated heterocycles. The van der Waals surface area contributed by atoms with Crippen LogP contribution < -0.4 is 10.5 Å². The highest BCUT2D eigenvalue weighted by Gasteiger charge is 2.14. The molecule has 0 aliphatic carbocycles. The van der Waals surface area contributed by atoms with E-state index in [-0.39, 0.29) is 12.4 Å². The lowest BCUT2D eigenvalue weighted by Gasteiger charge is -2.13. The van der Waals surface area contributed by atoms with Crippen molar-refractivity contribution in [1.82, 2.24) is 0 Å². The second kappa shape index (κ2) is 4.93. The monoisotopic (exact) mass is 199 g/mol. The molecule has 3 nitrogen and oxygen atoms in total. The molecule has 0 radical (unpaired) electrons. The lowest BCUT2D eigenvalue weighted by molar-refractivity contribution is 0.179. The van der Waals surface area contributed by atoms with Gasteiger partial charge in [-0.3, -0.25) is 0 Å². The first-order chi connectivity index (χ1) is 6.70. The summed E-state index contributed by atoms with van der Waals surface area (Å²) in [6, 6.07) is 4.42. The Balaban J connectivity index is 2.96. The fourth-order valence-electron chi connectivity index (χ4n) is 1.24. The van der Waals surface area contributed by atoms with Crippen molar-refractivity contribution in [2.24, 2.45) is 5.73 Å². The van der Waals surface area contributed by atoms with Gasteiger partial charge in [0.25, 0.3) is 0 Å². The van der Waals surface area contributed by atoms with Crippen molar-refractivity contribution in [3.05, 3.63) is 29.6 Å². The number of methoxy groups -OCH3 is 2. The SMILES string of the molecule is COC[C@H](N)c1cccc(OC)c1F. The van der Waals surface area contributed by atoms with Crippen LogP contribution in [0.3, 0.4) is 0 Å². The summed E-state index contributed by atoms with van der Waals surface area (Å²) in [6.07, 6.45) is 0. The van der Waals surface area contributed by atoms with Gasteiger partial charge in [-0.15, -0.1) is 0 Å². The average Bonchev–Trinajstić information content (AvgIpc) is 2.18. The molecule has 14 heavy (non-hydrogen) atoms. The summed E-state index contributed by atoms with van der Waals surface area (Å²) in [7, 11) is 2.95. The molecule has 1 aromatic rings. The minimum atomic E-state index is -0.463. The van der Waals surface area contributed by atoms with Gasteiger partial charge in [0.1, 0.15) is 0 Å². The zero-order valence-electron chi connectivity index (χ0n) is 8.29. The fraction of sp³-hybridized carbons (Fsp3) is 0.400. The third-order valence-corrected chi connectivity index (χ3v) is 1.96. The molecule has 0 saturated carbocycles. The topological polar surface area (TPSA) is 44.5 Å². The van der Waals surface area contributed by atoms with Gasteiger partial charge in [-0.25, -0.2) is 4.39 Å². The van der Waals surface area contributed by atoms with Crippen LogP contribution in [-0.2, 0) is 4.74 Å². The number of halogens is 1. The molecule has 0 amide bonds. The molecule has 0 spiro atoms. The van der Waals surface area contributed by atoms with E-state index in [1.165, 1.54) is 14.2 Å². The highest BCUT2D eigenvalue weighted by Crippen LogP contribution is 2.23. The van der Waals surface area contributed by atoms with E-state index < -0.39 is 11.9 Å². The normalized spacial score (nSPS) is 12.6. The maximum Gasteiger partial charge on any atom is 0.169 e. The van der Waals surface area contributed by atoms with Crippen molar-refractivity contribution >= 4 is 0 Å². The molecular weight excluding hydrogens is 185 g/mol. The van der Waals surface area contributed by atoms with E-state index in [9.17, 15) is 4.39 Å². The van der Waals surface area contributed by atoms with Gasteiger partial charge in [-0.2, -0.15) is 0 Å². The molecule has 0 aliphatic rings. The van der Waals surface area contributed by atoms with Crippen LogP contribution in [-0.4, -0.2) is 20.8 Å². The molecule has 4 heteroatoms. The summed E-state index contributed by atoms with van der Waals surface area (Å²) in [6.45, 7) is 0.282. The minimum absolute atomic E-state index is 0.203. The van der Waals surface area contributed by atoms with Crippen LogP contribution in [0.4, 0.5) is 4.39 Å². The zero-order chi connectivity index (χ0) is 10.6. The van der Waals surface area contributed by atoms with Gasteiger partial charge in [-0.1, -0.05) is 12.1 Å². The standard InChI is InChI=1S/C10H14FNO2/c1-13-6-8(12)7-4-3-5-9(14-2)10(7)11/h3-5,8H,6,12H2,1-2H3/t8-/m0/s1. The number of hydrogen-bond acceptors (Lipinski definition) is 3. The first kappa shape index (κ1) is 10.9. The van der Waals surface area contributed by atoms with E-state index in [0.717, 1.165) is 0 Å². The predicted octanol–water partition coefficient (Wildman–Crippen LogP) is 1.48. The molecule has 0 fully saturated rings. The van der Waals surface area contributed by atoms with E-state index in [2.05, 4.69) is 0 Å². The Kier molecular flexibility index (Phi) is 3.85. The summed E-state index contributed by atoms with van der Waals surface area (Å²) >= 11 is 0. The van der Waals surface area contributed by atoms with Crippen LogP contribution in [0, 0.1) is 5.82 Å². The zero-order valence-corrected chi connectivity index (χ0v) is 8.29. The Morgan fingerprint density at radius 2 is 2.14 bits per heavy atom. The number of hydrogen-bond donors (Lipinski definition) is 1. The van der Waals surface area contributed by atoms with Crippen LogP contribution >= 0.6 is 0 Å². The number of ether oxygens (including phenoxy) is 2. The van der Waals surface area contributed by atoms with E-state index in [4.69, 9.17) is 15.2 Å². The van der Waals surface area contributed by atoms with Crippen LogP contribution in [0.15, 0.2) is 18.2 Å². The summed E-state index contributed by atoms with van der Waals surface area (Å²) in [5.74, 6) is -0.214. The Morgan fingerprint density at radius 3 is 2.71 bits per heavy atom. The van der Waals surface area contributed by atoms with Crippen molar-refractivity contribution in [2.45, 2.75) is 6.04 Å². The highest BCUT2D eigenvalue weighted by atomic mass is 19.1. The Labute approximate surface area is 82.6 Å². The predicted molar refractivity (Wildman–Crippen MR) is 51.8 cm³/mol. The van der Waals surface area contributed by atoms with Gasteiger partial charge in [-0.05, 0) is 6.07 Å². The van der Waals surface area contributed by atoms with Crippen LogP contribution in [0.1, 0.15) is 11.6 Å². The highest BCUT2D eigenvalue weighted by molar-refractivity contribution is 5.32. The quantitative estimate of drug-likeness (QED) is 0.798. The van der Waals surface area contributed by atoms with Crippen molar-refractivity contribution in [2.75, 3.05) is 20.8 Å². The average molecular weight is 199 g/mol. The summed E-state index contributed by atoms with van der Waals surface area (Å²) < 4.78 is 23.3. The van der Waals surface area contributed by atoms with E-state index >= 15 is 0 Å². The number of nitrogens with two attached hydrogens (primary N) is 1. The van der Waals surface area contributed by atoms with Gasteiger partial charge in [0.15, 0.2) is 11.6 Å². The van der Waals surface area contributed by atoms with Crippen molar-refractivity contribution in [3.63, 3.8) is 0 Å². The van der Waals surface area contributed by atoms with E-state index in [1.807, 2.05) is 0 Å². The molecule has 0 aromatic heterocycles. The van der Waals surface area contributed by atoms with Crippen LogP contribution in [0.2, 0.25) is 0 Å². The molecular formula is C10H14FNO2. The van der Waals surface area contributed by atoms with Gasteiger partial charge >= 0.3 is 0 Å². The lowest BCUT2D eigenvalue weighted by atomic mass is 10.1. The minimum Gasteiger partial charge on any atom is -0.494 e. The second-order valence-corrected chi connectivity index (χ2v) is 2.93. The molecule has 0 heterocycles. The smallest absolute Gasteiger partial charge is 0.169 e. The summed E-state index contributed by atoms with van der Waals surface area (Å²) in [5.41, 5.74) is 6.12. The van der Waals surface area contributed by atoms with Crippen molar-refractivity contribution < 1.29 is 13.9 Å². The van der Waals surface area contributed by atoms with Crippen LogP contribution in [0.25, 0.3) is 0 Å². The Hall–Kier alpha value is -1.13. The summed E-state index contributed by atoms with van der Waals surface area (Å²) in [5, 5.41) is 0. The molecule has 0 aliphatic heterocycles. The van der Waals surface area contributed by atoms with Crippen LogP contribution in [0.5, 0.6) is 5.75 Å². The van der Waals surface area contributed by atoms with Gasteiger partial charge in [0, 0.05) is 12.7 Å². The molecule has 0 bridgehead atoms. The number of benzene rings is 1. The molecule has 0 unspecified atom stereocenters. The lowest BCUT2D eigenvalue weighted by Crippen LogP contribution is -2.17. The van der Waals surface area contributed by atoms with Crippen molar-refractivity contribution in [1.29, 1.82) is 0 Å². The second-order valence-electron chi connectivity index (χ2n) is 2.93. The Morgan fingerprint density at radius 1 is 1.43 bits per heavy atom. The third kappa shape index (κ3) is 2.21. The molecule has 1 rings (SSSR count). The molecule has 2 N–H and O–H groups in total. The van der Waals surface area contributed by atoms with E-state index in [1.54, 1.807) is 18.2 Å². The molecule has 1 atom stereocenters. The molecule has 1 aromatic carbocycles. The maximum atomic E-state index is 13.6. The fourth-order valence-corrected chi connectivity index (χ4v) is 1.24. The first-order valence-corrected chi connectivity index (χ1v) is 4.27.